The molecule has 0 saturated heterocycles. The fraction of sp³-hybridized carbons (Fsp3) is 0.417. The van der Waals surface area contributed by atoms with Gasteiger partial charge in [0, 0.05) is 6.42 Å². The zero-order valence-electron chi connectivity index (χ0n) is 8.44. The molecule has 0 radical (unpaired) electrons. The SMILES string of the molecule is CC(O)c1ccc(CCCC=O)cc1. The summed E-state index contributed by atoms with van der Waals surface area (Å²) in [5, 5.41) is 9.28. The summed E-state index contributed by atoms with van der Waals surface area (Å²) in [6.07, 6.45) is 3.00. The average Bonchev–Trinajstić information content (AvgIpc) is 2.19. The molecule has 1 aromatic carbocycles. The Balaban J connectivity index is 2.51. The Kier molecular flexibility index (Phi) is 4.33. The van der Waals surface area contributed by atoms with Crippen LogP contribution < -0.4 is 0 Å². The summed E-state index contributed by atoms with van der Waals surface area (Å²) in [6.45, 7) is 1.75. The smallest absolute Gasteiger partial charge is 0.120 e. The Morgan fingerprint density at radius 3 is 2.50 bits per heavy atom. The number of benzene rings is 1. The number of aliphatic hydroxyl groups excluding tert-OH is 1. The van der Waals surface area contributed by atoms with Crippen molar-refractivity contribution >= 4 is 6.29 Å². The minimum atomic E-state index is -0.404. The van der Waals surface area contributed by atoms with Crippen molar-refractivity contribution in [1.82, 2.24) is 0 Å². The molecule has 0 fully saturated rings. The largest absolute Gasteiger partial charge is 0.389 e. The standard InChI is InChI=1S/C12H16O2/c1-10(14)12-7-5-11(6-8-12)4-2-3-9-13/h5-10,14H,2-4H2,1H3. The first-order valence-corrected chi connectivity index (χ1v) is 4.94. The van der Waals surface area contributed by atoms with Gasteiger partial charge in [-0.2, -0.15) is 0 Å². The summed E-state index contributed by atoms with van der Waals surface area (Å²) in [5.41, 5.74) is 2.15. The quantitative estimate of drug-likeness (QED) is 0.574. The molecule has 1 atom stereocenters. The number of aryl methyl sites for hydroxylation is 1. The molecule has 0 aromatic heterocycles. The third-order valence-corrected chi connectivity index (χ3v) is 2.25. The second-order valence-electron chi connectivity index (χ2n) is 3.48. The number of hydrogen-bond donors (Lipinski definition) is 1. The highest BCUT2D eigenvalue weighted by molar-refractivity contribution is 5.49. The van der Waals surface area contributed by atoms with Crippen molar-refractivity contribution in [2.75, 3.05) is 0 Å². The van der Waals surface area contributed by atoms with Gasteiger partial charge in [-0.05, 0) is 30.9 Å². The van der Waals surface area contributed by atoms with Gasteiger partial charge in [-0.3, -0.25) is 0 Å². The Morgan fingerprint density at radius 2 is 2.00 bits per heavy atom. The molecule has 0 heterocycles. The lowest BCUT2D eigenvalue weighted by molar-refractivity contribution is -0.107. The van der Waals surface area contributed by atoms with Crippen LogP contribution in [0.2, 0.25) is 0 Å². The first-order valence-electron chi connectivity index (χ1n) is 4.94. The van der Waals surface area contributed by atoms with Gasteiger partial charge in [0.2, 0.25) is 0 Å². The van der Waals surface area contributed by atoms with Crippen LogP contribution in [0.15, 0.2) is 24.3 Å². The third-order valence-electron chi connectivity index (χ3n) is 2.25. The van der Waals surface area contributed by atoms with Crippen LogP contribution in [0.4, 0.5) is 0 Å². The lowest BCUT2D eigenvalue weighted by Gasteiger charge is -2.05. The van der Waals surface area contributed by atoms with E-state index in [1.807, 2.05) is 24.3 Å². The van der Waals surface area contributed by atoms with Gasteiger partial charge in [0.05, 0.1) is 6.10 Å². The second-order valence-corrected chi connectivity index (χ2v) is 3.48. The Bertz CT molecular complexity index is 275. The first-order chi connectivity index (χ1) is 6.74. The number of aliphatic hydroxyl groups is 1. The highest BCUT2D eigenvalue weighted by atomic mass is 16.3. The van der Waals surface area contributed by atoms with Crippen molar-refractivity contribution in [3.63, 3.8) is 0 Å². The molecule has 0 saturated carbocycles. The van der Waals surface area contributed by atoms with Crippen LogP contribution in [-0.2, 0) is 11.2 Å². The van der Waals surface area contributed by atoms with Crippen LogP contribution in [-0.4, -0.2) is 11.4 Å². The molecule has 2 heteroatoms. The molecular formula is C12H16O2. The molecule has 76 valence electrons. The number of aldehydes is 1. The first kappa shape index (κ1) is 10.9. The van der Waals surface area contributed by atoms with E-state index in [0.29, 0.717) is 6.42 Å². The summed E-state index contributed by atoms with van der Waals surface area (Å²) in [7, 11) is 0. The Hall–Kier alpha value is -1.15. The Labute approximate surface area is 84.6 Å². The van der Waals surface area contributed by atoms with Crippen molar-refractivity contribution in [2.24, 2.45) is 0 Å². The molecule has 1 rings (SSSR count). The van der Waals surface area contributed by atoms with Gasteiger partial charge >= 0.3 is 0 Å². The van der Waals surface area contributed by atoms with Gasteiger partial charge < -0.3 is 9.90 Å². The molecule has 0 bridgehead atoms. The van der Waals surface area contributed by atoms with E-state index >= 15 is 0 Å². The van der Waals surface area contributed by atoms with Gasteiger partial charge in [0.15, 0.2) is 0 Å². The minimum absolute atomic E-state index is 0.404. The summed E-state index contributed by atoms with van der Waals surface area (Å²) in [5.74, 6) is 0. The highest BCUT2D eigenvalue weighted by Gasteiger charge is 1.99. The lowest BCUT2D eigenvalue weighted by atomic mass is 10.0. The summed E-state index contributed by atoms with van der Waals surface area (Å²) < 4.78 is 0. The zero-order chi connectivity index (χ0) is 10.4. The molecule has 2 nitrogen and oxygen atoms in total. The highest BCUT2D eigenvalue weighted by Crippen LogP contribution is 2.13. The second kappa shape index (κ2) is 5.55. The molecule has 1 N–H and O–H groups in total. The predicted molar refractivity (Wildman–Crippen MR) is 56.1 cm³/mol. The summed E-state index contributed by atoms with van der Waals surface area (Å²) in [6, 6.07) is 7.88. The van der Waals surface area contributed by atoms with Crippen LogP contribution in [0, 0.1) is 0 Å². The molecule has 0 aliphatic carbocycles. The van der Waals surface area contributed by atoms with Crippen LogP contribution in [0.3, 0.4) is 0 Å². The molecular weight excluding hydrogens is 176 g/mol. The van der Waals surface area contributed by atoms with Crippen molar-refractivity contribution in [2.45, 2.75) is 32.3 Å². The molecule has 14 heavy (non-hydrogen) atoms. The monoisotopic (exact) mass is 192 g/mol. The number of carbonyl (C=O) groups is 1. The van der Waals surface area contributed by atoms with Gasteiger partial charge in [-0.15, -0.1) is 0 Å². The molecule has 0 amide bonds. The normalized spacial score (nSPS) is 12.4. The number of hydrogen-bond acceptors (Lipinski definition) is 2. The van der Waals surface area contributed by atoms with Crippen LogP contribution in [0.1, 0.15) is 37.0 Å². The fourth-order valence-electron chi connectivity index (χ4n) is 1.35. The average molecular weight is 192 g/mol. The van der Waals surface area contributed by atoms with Gasteiger partial charge in [-0.25, -0.2) is 0 Å². The van der Waals surface area contributed by atoms with Crippen LogP contribution in [0.5, 0.6) is 0 Å². The maximum Gasteiger partial charge on any atom is 0.120 e. The maximum atomic E-state index is 10.1. The van der Waals surface area contributed by atoms with Gasteiger partial charge in [0.1, 0.15) is 6.29 Å². The zero-order valence-corrected chi connectivity index (χ0v) is 8.44. The van der Waals surface area contributed by atoms with Crippen molar-refractivity contribution in [3.05, 3.63) is 35.4 Å². The van der Waals surface area contributed by atoms with E-state index in [1.165, 1.54) is 5.56 Å². The van der Waals surface area contributed by atoms with Gasteiger partial charge in [-0.1, -0.05) is 24.3 Å². The Morgan fingerprint density at radius 1 is 1.36 bits per heavy atom. The van der Waals surface area contributed by atoms with E-state index in [-0.39, 0.29) is 0 Å². The van der Waals surface area contributed by atoms with Crippen molar-refractivity contribution in [1.29, 1.82) is 0 Å². The van der Waals surface area contributed by atoms with E-state index < -0.39 is 6.10 Å². The molecule has 0 aliphatic rings. The van der Waals surface area contributed by atoms with E-state index in [1.54, 1.807) is 6.92 Å². The van der Waals surface area contributed by atoms with Crippen LogP contribution in [0.25, 0.3) is 0 Å². The summed E-state index contributed by atoms with van der Waals surface area (Å²) >= 11 is 0. The molecule has 1 aromatic rings. The number of unbranched alkanes of at least 4 members (excludes halogenated alkanes) is 1. The van der Waals surface area contributed by atoms with Crippen molar-refractivity contribution in [3.8, 4) is 0 Å². The van der Waals surface area contributed by atoms with E-state index in [0.717, 1.165) is 24.7 Å². The number of carbonyl (C=O) groups excluding carboxylic acids is 1. The van der Waals surface area contributed by atoms with E-state index in [9.17, 15) is 9.90 Å². The van der Waals surface area contributed by atoms with E-state index in [4.69, 9.17) is 0 Å². The van der Waals surface area contributed by atoms with Crippen molar-refractivity contribution < 1.29 is 9.90 Å². The summed E-state index contributed by atoms with van der Waals surface area (Å²) in [4.78, 5) is 10.1. The topological polar surface area (TPSA) is 37.3 Å². The molecule has 0 spiro atoms. The lowest BCUT2D eigenvalue weighted by Crippen LogP contribution is -1.92. The van der Waals surface area contributed by atoms with Gasteiger partial charge in [0.25, 0.3) is 0 Å². The molecule has 0 aliphatic heterocycles. The van der Waals surface area contributed by atoms with Crippen LogP contribution >= 0.6 is 0 Å². The molecule has 1 unspecified atom stereocenters. The van der Waals surface area contributed by atoms with E-state index in [2.05, 4.69) is 0 Å². The number of rotatable bonds is 5. The third kappa shape index (κ3) is 3.30. The fourth-order valence-corrected chi connectivity index (χ4v) is 1.35. The minimum Gasteiger partial charge on any atom is -0.389 e. The predicted octanol–water partition coefficient (Wildman–Crippen LogP) is 2.26. The maximum absolute atomic E-state index is 10.1.